The summed E-state index contributed by atoms with van der Waals surface area (Å²) in [6.07, 6.45) is -2.13. The van der Waals surface area contributed by atoms with Gasteiger partial charge in [-0.1, -0.05) is 12.1 Å². The molecule has 1 aromatic carbocycles. The van der Waals surface area contributed by atoms with Crippen molar-refractivity contribution in [2.24, 2.45) is 5.92 Å². The van der Waals surface area contributed by atoms with Gasteiger partial charge in [0.1, 0.15) is 5.75 Å². The van der Waals surface area contributed by atoms with E-state index in [1.54, 1.807) is 18.2 Å². The highest BCUT2D eigenvalue weighted by Gasteiger charge is 2.34. The van der Waals surface area contributed by atoms with Crippen LogP contribution in [0, 0.1) is 5.92 Å². The summed E-state index contributed by atoms with van der Waals surface area (Å²) in [4.78, 5) is 2.44. The average molecular weight is 300 g/mol. The van der Waals surface area contributed by atoms with E-state index in [-0.39, 0.29) is 5.75 Å². The van der Waals surface area contributed by atoms with Crippen LogP contribution in [0.25, 0.3) is 0 Å². The van der Waals surface area contributed by atoms with Crippen LogP contribution < -0.4 is 10.1 Å². The molecule has 2 fully saturated rings. The number of piperidine rings is 1. The van der Waals surface area contributed by atoms with E-state index in [9.17, 15) is 13.2 Å². The predicted molar refractivity (Wildman–Crippen MR) is 74.6 cm³/mol. The Morgan fingerprint density at radius 1 is 1.19 bits per heavy atom. The van der Waals surface area contributed by atoms with Gasteiger partial charge in [-0.05, 0) is 37.4 Å². The van der Waals surface area contributed by atoms with Crippen molar-refractivity contribution in [3.8, 4) is 5.75 Å². The first kappa shape index (κ1) is 14.5. The molecule has 3 rings (SSSR count). The number of nitrogens with zero attached hydrogens (tertiary/aromatic N) is 1. The smallest absolute Gasteiger partial charge is 0.422 e. The van der Waals surface area contributed by atoms with Gasteiger partial charge in [-0.2, -0.15) is 13.2 Å². The number of para-hydroxylation sites is 2. The van der Waals surface area contributed by atoms with Crippen molar-refractivity contribution >= 4 is 5.69 Å². The third-order valence-electron chi connectivity index (χ3n) is 4.25. The zero-order valence-electron chi connectivity index (χ0n) is 11.7. The van der Waals surface area contributed by atoms with Crippen molar-refractivity contribution in [2.45, 2.75) is 25.1 Å². The van der Waals surface area contributed by atoms with Crippen molar-refractivity contribution in [1.29, 1.82) is 0 Å². The Morgan fingerprint density at radius 3 is 2.76 bits per heavy atom. The Morgan fingerprint density at radius 2 is 1.95 bits per heavy atom. The minimum absolute atomic E-state index is 0.273. The Hall–Kier alpha value is -1.43. The van der Waals surface area contributed by atoms with Gasteiger partial charge >= 0.3 is 6.18 Å². The summed E-state index contributed by atoms with van der Waals surface area (Å²) in [5.41, 5.74) is 0.659. The number of hydrogen-bond donors (Lipinski definition) is 1. The van der Waals surface area contributed by atoms with Crippen molar-refractivity contribution in [3.05, 3.63) is 24.3 Å². The molecule has 3 nitrogen and oxygen atoms in total. The van der Waals surface area contributed by atoms with Gasteiger partial charge in [-0.15, -0.1) is 0 Å². The largest absolute Gasteiger partial charge is 0.482 e. The van der Waals surface area contributed by atoms with Crippen molar-refractivity contribution in [2.75, 3.05) is 31.6 Å². The Labute approximate surface area is 122 Å². The summed E-state index contributed by atoms with van der Waals surface area (Å²) in [5.74, 6) is 0.852. The molecule has 2 saturated heterocycles. The van der Waals surface area contributed by atoms with E-state index >= 15 is 0 Å². The monoisotopic (exact) mass is 300 g/mol. The lowest BCUT2D eigenvalue weighted by atomic mass is 9.94. The molecule has 1 N–H and O–H groups in total. The predicted octanol–water partition coefficient (Wildman–Crippen LogP) is 3.13. The summed E-state index contributed by atoms with van der Waals surface area (Å²) in [7, 11) is 0. The van der Waals surface area contributed by atoms with E-state index in [1.807, 2.05) is 6.07 Å². The van der Waals surface area contributed by atoms with Crippen LogP contribution in [0.15, 0.2) is 24.3 Å². The fourth-order valence-corrected chi connectivity index (χ4v) is 3.21. The Balaban J connectivity index is 1.67. The van der Waals surface area contributed by atoms with E-state index in [4.69, 9.17) is 4.74 Å². The van der Waals surface area contributed by atoms with Crippen LogP contribution in [0.5, 0.6) is 5.75 Å². The van der Waals surface area contributed by atoms with Gasteiger partial charge in [0.2, 0.25) is 0 Å². The number of nitrogens with one attached hydrogen (secondary N) is 1. The molecular formula is C15H19F3N2O. The number of anilines is 1. The highest BCUT2D eigenvalue weighted by atomic mass is 19.4. The van der Waals surface area contributed by atoms with Gasteiger partial charge in [-0.25, -0.2) is 0 Å². The van der Waals surface area contributed by atoms with Crippen LogP contribution in [-0.2, 0) is 0 Å². The fraction of sp³-hybridized carbons (Fsp3) is 0.600. The molecule has 6 heteroatoms. The molecule has 0 radical (unpaired) electrons. The quantitative estimate of drug-likeness (QED) is 0.924. The highest BCUT2D eigenvalue weighted by molar-refractivity contribution is 5.57. The number of benzene rings is 1. The van der Waals surface area contributed by atoms with E-state index in [1.165, 1.54) is 0 Å². The molecule has 0 aliphatic carbocycles. The molecule has 3 unspecified atom stereocenters. The van der Waals surface area contributed by atoms with Crippen LogP contribution in [0.2, 0.25) is 0 Å². The van der Waals surface area contributed by atoms with Gasteiger partial charge in [-0.3, -0.25) is 0 Å². The van der Waals surface area contributed by atoms with Crippen molar-refractivity contribution in [3.63, 3.8) is 0 Å². The summed E-state index contributed by atoms with van der Waals surface area (Å²) in [6, 6.07) is 7.19. The lowest BCUT2D eigenvalue weighted by Crippen LogP contribution is -2.39. The number of ether oxygens (including phenoxy) is 1. The number of fused-ring (bicyclic) bond motifs is 2. The highest BCUT2D eigenvalue weighted by Crippen LogP contribution is 2.33. The summed E-state index contributed by atoms with van der Waals surface area (Å²) >= 11 is 0. The Kier molecular flexibility index (Phi) is 3.97. The minimum Gasteiger partial charge on any atom is -0.482 e. The molecule has 0 amide bonds. The lowest BCUT2D eigenvalue weighted by Gasteiger charge is -2.32. The van der Waals surface area contributed by atoms with E-state index in [0.29, 0.717) is 17.6 Å². The topological polar surface area (TPSA) is 24.5 Å². The maximum Gasteiger partial charge on any atom is 0.422 e. The second-order valence-corrected chi connectivity index (χ2v) is 5.79. The van der Waals surface area contributed by atoms with Gasteiger partial charge in [0.25, 0.3) is 0 Å². The number of rotatable bonds is 4. The third-order valence-corrected chi connectivity index (χ3v) is 4.25. The first-order valence-corrected chi connectivity index (χ1v) is 7.29. The number of alkyl halides is 3. The van der Waals surface area contributed by atoms with Crippen LogP contribution in [0.4, 0.5) is 18.9 Å². The number of halogens is 3. The second kappa shape index (κ2) is 5.75. The molecule has 0 saturated carbocycles. The molecule has 0 aromatic heterocycles. The molecule has 2 aliphatic rings. The Bertz CT molecular complexity index is 492. The maximum atomic E-state index is 12.3. The average Bonchev–Trinajstić information content (AvgIpc) is 2.83. The standard InChI is InChI=1S/C15H19F3N2O/c16-15(17,18)10-21-14-4-2-1-3-13(14)19-12-6-8-20-7-5-11(12)9-20/h1-4,11-12,19H,5-10H2. The molecule has 0 spiro atoms. The summed E-state index contributed by atoms with van der Waals surface area (Å²) in [5, 5.41) is 3.39. The van der Waals surface area contributed by atoms with Gasteiger partial charge in [0.05, 0.1) is 5.69 Å². The van der Waals surface area contributed by atoms with Crippen molar-refractivity contribution in [1.82, 2.24) is 4.90 Å². The van der Waals surface area contributed by atoms with Crippen molar-refractivity contribution < 1.29 is 17.9 Å². The summed E-state index contributed by atoms with van der Waals surface area (Å²) in [6.45, 7) is 2.02. The SMILES string of the molecule is FC(F)(F)COc1ccccc1NC1CCN2CCC1C2. The lowest BCUT2D eigenvalue weighted by molar-refractivity contribution is -0.153. The molecule has 21 heavy (non-hydrogen) atoms. The van der Waals surface area contributed by atoms with Crippen LogP contribution >= 0.6 is 0 Å². The molecule has 116 valence electrons. The van der Waals surface area contributed by atoms with Crippen LogP contribution in [-0.4, -0.2) is 43.4 Å². The molecule has 2 heterocycles. The molecular weight excluding hydrogens is 281 g/mol. The molecule has 1 aromatic rings. The van der Waals surface area contributed by atoms with Gasteiger partial charge in [0.15, 0.2) is 6.61 Å². The fourth-order valence-electron chi connectivity index (χ4n) is 3.21. The van der Waals surface area contributed by atoms with Gasteiger partial charge in [0, 0.05) is 19.1 Å². The summed E-state index contributed by atoms with van der Waals surface area (Å²) < 4.78 is 41.8. The molecule has 2 bridgehead atoms. The normalized spacial score (nSPS) is 28.4. The molecule has 2 aliphatic heterocycles. The van der Waals surface area contributed by atoms with E-state index < -0.39 is 12.8 Å². The maximum absolute atomic E-state index is 12.3. The second-order valence-electron chi connectivity index (χ2n) is 5.79. The third kappa shape index (κ3) is 3.61. The van der Waals surface area contributed by atoms with E-state index in [2.05, 4.69) is 10.2 Å². The minimum atomic E-state index is -4.32. The zero-order valence-corrected chi connectivity index (χ0v) is 11.7. The number of hydrogen-bond acceptors (Lipinski definition) is 3. The van der Waals surface area contributed by atoms with Gasteiger partial charge < -0.3 is 15.0 Å². The first-order chi connectivity index (χ1) is 10.0. The zero-order chi connectivity index (χ0) is 14.9. The first-order valence-electron chi connectivity index (χ1n) is 7.29. The van der Waals surface area contributed by atoms with Crippen LogP contribution in [0.3, 0.4) is 0 Å². The molecule has 3 atom stereocenters. The van der Waals surface area contributed by atoms with Crippen LogP contribution in [0.1, 0.15) is 12.8 Å². The van der Waals surface area contributed by atoms with E-state index in [0.717, 1.165) is 32.5 Å².